The Balaban J connectivity index is 1.97. The molecule has 3 rings (SSSR count). The van der Waals surface area contributed by atoms with Crippen LogP contribution in [0.15, 0.2) is 30.3 Å². The van der Waals surface area contributed by atoms with Crippen LogP contribution in [0.5, 0.6) is 0 Å². The SMILES string of the molecule is CCNC1CCCc2nc(C(C)(C)c3ccccc3)sc21. The summed E-state index contributed by atoms with van der Waals surface area (Å²) < 4.78 is 0. The van der Waals surface area contributed by atoms with Gasteiger partial charge in [-0.2, -0.15) is 0 Å². The van der Waals surface area contributed by atoms with Crippen molar-refractivity contribution in [2.45, 2.75) is 51.5 Å². The summed E-state index contributed by atoms with van der Waals surface area (Å²) in [4.78, 5) is 6.48. The Morgan fingerprint density at radius 2 is 2.05 bits per heavy atom. The van der Waals surface area contributed by atoms with Gasteiger partial charge in [-0.15, -0.1) is 11.3 Å². The van der Waals surface area contributed by atoms with Crippen LogP contribution in [-0.2, 0) is 11.8 Å². The van der Waals surface area contributed by atoms with E-state index in [4.69, 9.17) is 4.98 Å². The van der Waals surface area contributed by atoms with Crippen LogP contribution in [0.1, 0.15) is 60.8 Å². The van der Waals surface area contributed by atoms with Gasteiger partial charge in [0.15, 0.2) is 0 Å². The first-order valence-corrected chi connectivity index (χ1v) is 8.73. The standard InChI is InChI=1S/C18H24N2S/c1-4-19-14-11-8-12-15-16(14)21-17(20-15)18(2,3)13-9-6-5-7-10-13/h5-7,9-10,14,19H,4,8,11-12H2,1-3H3. The monoisotopic (exact) mass is 300 g/mol. The Morgan fingerprint density at radius 3 is 2.76 bits per heavy atom. The van der Waals surface area contributed by atoms with Gasteiger partial charge in [0.05, 0.1) is 5.69 Å². The van der Waals surface area contributed by atoms with Crippen LogP contribution in [0.3, 0.4) is 0 Å². The number of rotatable bonds is 4. The van der Waals surface area contributed by atoms with Gasteiger partial charge in [0.2, 0.25) is 0 Å². The summed E-state index contributed by atoms with van der Waals surface area (Å²) in [5.41, 5.74) is 2.66. The number of benzene rings is 1. The van der Waals surface area contributed by atoms with Crippen LogP contribution in [0.25, 0.3) is 0 Å². The Bertz CT molecular complexity index is 601. The predicted octanol–water partition coefficient (Wildman–Crippen LogP) is 4.46. The fraction of sp³-hybridized carbons (Fsp3) is 0.500. The molecule has 112 valence electrons. The van der Waals surface area contributed by atoms with Crippen molar-refractivity contribution in [2.75, 3.05) is 6.54 Å². The van der Waals surface area contributed by atoms with E-state index in [9.17, 15) is 0 Å². The molecule has 1 atom stereocenters. The number of fused-ring (bicyclic) bond motifs is 1. The smallest absolute Gasteiger partial charge is 0.103 e. The summed E-state index contributed by atoms with van der Waals surface area (Å²) in [5.74, 6) is 0. The highest BCUT2D eigenvalue weighted by Gasteiger charge is 2.31. The number of hydrogen-bond acceptors (Lipinski definition) is 3. The fourth-order valence-corrected chi connectivity index (χ4v) is 4.45. The molecule has 0 saturated heterocycles. The molecule has 1 aliphatic carbocycles. The van der Waals surface area contributed by atoms with Crippen LogP contribution in [0.2, 0.25) is 0 Å². The van der Waals surface area contributed by atoms with E-state index in [2.05, 4.69) is 56.4 Å². The van der Waals surface area contributed by atoms with Gasteiger partial charge in [0.1, 0.15) is 5.01 Å². The van der Waals surface area contributed by atoms with Gasteiger partial charge >= 0.3 is 0 Å². The van der Waals surface area contributed by atoms with Gasteiger partial charge in [-0.05, 0) is 45.2 Å². The molecule has 1 aliphatic rings. The largest absolute Gasteiger partial charge is 0.309 e. The van der Waals surface area contributed by atoms with E-state index in [1.165, 1.54) is 34.0 Å². The lowest BCUT2D eigenvalue weighted by Gasteiger charge is -2.22. The normalized spacial score (nSPS) is 18.5. The van der Waals surface area contributed by atoms with Crippen molar-refractivity contribution in [1.82, 2.24) is 10.3 Å². The lowest BCUT2D eigenvalue weighted by Crippen LogP contribution is -2.23. The van der Waals surface area contributed by atoms with Gasteiger partial charge in [0.25, 0.3) is 0 Å². The molecule has 1 aromatic carbocycles. The van der Waals surface area contributed by atoms with Crippen LogP contribution in [-0.4, -0.2) is 11.5 Å². The minimum Gasteiger partial charge on any atom is -0.309 e. The van der Waals surface area contributed by atoms with Gasteiger partial charge in [-0.1, -0.05) is 37.3 Å². The molecule has 1 N–H and O–H groups in total. The molecule has 0 bridgehead atoms. The topological polar surface area (TPSA) is 24.9 Å². The highest BCUT2D eigenvalue weighted by Crippen LogP contribution is 2.40. The van der Waals surface area contributed by atoms with E-state index in [1.54, 1.807) is 0 Å². The Labute approximate surface area is 131 Å². The molecule has 2 aromatic rings. The molecule has 21 heavy (non-hydrogen) atoms. The van der Waals surface area contributed by atoms with Crippen molar-refractivity contribution < 1.29 is 0 Å². The maximum atomic E-state index is 5.01. The number of aryl methyl sites for hydroxylation is 1. The van der Waals surface area contributed by atoms with E-state index in [0.717, 1.165) is 13.0 Å². The molecule has 0 amide bonds. The van der Waals surface area contributed by atoms with Gasteiger partial charge < -0.3 is 5.32 Å². The van der Waals surface area contributed by atoms with Crippen molar-refractivity contribution in [3.63, 3.8) is 0 Å². The van der Waals surface area contributed by atoms with E-state index in [1.807, 2.05) is 11.3 Å². The molecular weight excluding hydrogens is 276 g/mol. The Kier molecular flexibility index (Phi) is 4.14. The maximum absolute atomic E-state index is 5.01. The van der Waals surface area contributed by atoms with Crippen molar-refractivity contribution >= 4 is 11.3 Å². The zero-order chi connectivity index (χ0) is 14.9. The lowest BCUT2D eigenvalue weighted by atomic mass is 9.85. The predicted molar refractivity (Wildman–Crippen MR) is 90.0 cm³/mol. The Hall–Kier alpha value is -1.19. The van der Waals surface area contributed by atoms with Crippen LogP contribution < -0.4 is 5.32 Å². The summed E-state index contributed by atoms with van der Waals surface area (Å²) in [5, 5.41) is 4.87. The second kappa shape index (κ2) is 5.90. The quantitative estimate of drug-likeness (QED) is 0.902. The number of thiazole rings is 1. The molecule has 0 fully saturated rings. The van der Waals surface area contributed by atoms with Crippen molar-refractivity contribution in [3.8, 4) is 0 Å². The first-order chi connectivity index (χ1) is 10.1. The van der Waals surface area contributed by atoms with Crippen LogP contribution >= 0.6 is 11.3 Å². The average Bonchev–Trinajstić information content (AvgIpc) is 2.94. The van der Waals surface area contributed by atoms with E-state index in [-0.39, 0.29) is 5.41 Å². The fourth-order valence-electron chi connectivity index (χ4n) is 3.11. The summed E-state index contributed by atoms with van der Waals surface area (Å²) in [6.45, 7) is 7.79. The van der Waals surface area contributed by atoms with Gasteiger partial charge in [-0.3, -0.25) is 0 Å². The second-order valence-electron chi connectivity index (χ2n) is 6.32. The third-order valence-electron chi connectivity index (χ3n) is 4.43. The molecule has 3 heteroatoms. The molecule has 1 aromatic heterocycles. The minimum absolute atomic E-state index is 0.0139. The first-order valence-electron chi connectivity index (χ1n) is 7.92. The van der Waals surface area contributed by atoms with Crippen molar-refractivity contribution in [2.24, 2.45) is 0 Å². The van der Waals surface area contributed by atoms with Crippen molar-refractivity contribution in [1.29, 1.82) is 0 Å². The molecule has 0 radical (unpaired) electrons. The van der Waals surface area contributed by atoms with E-state index in [0.29, 0.717) is 6.04 Å². The van der Waals surface area contributed by atoms with Crippen molar-refractivity contribution in [3.05, 3.63) is 51.5 Å². The third-order valence-corrected chi connectivity index (χ3v) is 5.97. The van der Waals surface area contributed by atoms with Crippen LogP contribution in [0, 0.1) is 0 Å². The average molecular weight is 300 g/mol. The molecule has 1 heterocycles. The maximum Gasteiger partial charge on any atom is 0.103 e. The molecule has 0 spiro atoms. The number of hydrogen-bond donors (Lipinski definition) is 1. The number of aromatic nitrogens is 1. The van der Waals surface area contributed by atoms with E-state index < -0.39 is 0 Å². The summed E-state index contributed by atoms with van der Waals surface area (Å²) >= 11 is 1.91. The third kappa shape index (κ3) is 2.77. The number of nitrogens with zero attached hydrogens (tertiary/aromatic N) is 1. The molecule has 0 saturated carbocycles. The highest BCUT2D eigenvalue weighted by atomic mass is 32.1. The van der Waals surface area contributed by atoms with Gasteiger partial charge in [0, 0.05) is 16.3 Å². The molecular formula is C18H24N2S. The van der Waals surface area contributed by atoms with Gasteiger partial charge in [-0.25, -0.2) is 4.98 Å². The molecule has 1 unspecified atom stereocenters. The second-order valence-corrected chi connectivity index (χ2v) is 7.35. The lowest BCUT2D eigenvalue weighted by molar-refractivity contribution is 0.475. The minimum atomic E-state index is -0.0139. The molecule has 2 nitrogen and oxygen atoms in total. The highest BCUT2D eigenvalue weighted by molar-refractivity contribution is 7.12. The zero-order valence-corrected chi connectivity index (χ0v) is 14.0. The summed E-state index contributed by atoms with van der Waals surface area (Å²) in [6.07, 6.45) is 3.63. The van der Waals surface area contributed by atoms with E-state index >= 15 is 0 Å². The Morgan fingerprint density at radius 1 is 1.29 bits per heavy atom. The number of nitrogens with one attached hydrogen (secondary N) is 1. The van der Waals surface area contributed by atoms with Crippen LogP contribution in [0.4, 0.5) is 0 Å². The summed E-state index contributed by atoms with van der Waals surface area (Å²) in [6, 6.07) is 11.2. The summed E-state index contributed by atoms with van der Waals surface area (Å²) in [7, 11) is 0. The molecule has 0 aliphatic heterocycles. The first kappa shape index (κ1) is 14.7. The zero-order valence-electron chi connectivity index (χ0n) is 13.1.